The average Bonchev–Trinajstić information content (AvgIpc) is 2.68. The summed E-state index contributed by atoms with van der Waals surface area (Å²) in [4.78, 5) is 14.0. The lowest BCUT2D eigenvalue weighted by molar-refractivity contribution is 0.0683. The van der Waals surface area contributed by atoms with E-state index in [9.17, 15) is 13.6 Å². The van der Waals surface area contributed by atoms with Gasteiger partial charge >= 0.3 is 0 Å². The third kappa shape index (κ3) is 3.21. The maximum absolute atomic E-state index is 12.3. The number of nitrogens with two attached hydrogens (primary N) is 1. The van der Waals surface area contributed by atoms with Crippen LogP contribution in [-0.2, 0) is 6.54 Å². The summed E-state index contributed by atoms with van der Waals surface area (Å²) in [5.74, 6) is 0.253. The van der Waals surface area contributed by atoms with E-state index in [1.807, 2.05) is 0 Å². The summed E-state index contributed by atoms with van der Waals surface area (Å²) in [6, 6.07) is 0. The summed E-state index contributed by atoms with van der Waals surface area (Å²) in [7, 11) is 0. The smallest absolute Gasteiger partial charge is 0.259 e. The molecular weight excluding hydrogens is 254 g/mol. The molecule has 5 nitrogen and oxygen atoms in total. The molecule has 106 valence electrons. The molecule has 0 aliphatic carbocycles. The molecule has 0 radical (unpaired) electrons. The molecule has 1 aliphatic heterocycles. The standard InChI is InChI=1S/C12H18F2N4O/c1-8-3-2-4-17(5-8)12(19)9-6-18(7-10(13)14)16-11(9)15/h6,8,10H,2-5,7H2,1H3,(H2,15,16). The number of hydrogen-bond donors (Lipinski definition) is 1. The van der Waals surface area contributed by atoms with Crippen molar-refractivity contribution in [1.29, 1.82) is 0 Å². The van der Waals surface area contributed by atoms with Gasteiger partial charge in [-0.25, -0.2) is 8.78 Å². The lowest BCUT2D eigenvalue weighted by Gasteiger charge is -2.30. The molecule has 1 saturated heterocycles. The molecule has 2 rings (SSSR count). The zero-order valence-electron chi connectivity index (χ0n) is 10.9. The quantitative estimate of drug-likeness (QED) is 0.909. The minimum atomic E-state index is -2.52. The Morgan fingerprint density at radius 1 is 1.63 bits per heavy atom. The Kier molecular flexibility index (Phi) is 4.01. The van der Waals surface area contributed by atoms with E-state index in [-0.39, 0.29) is 17.3 Å². The highest BCUT2D eigenvalue weighted by molar-refractivity contribution is 5.98. The Labute approximate surface area is 110 Å². The molecule has 1 aromatic rings. The van der Waals surface area contributed by atoms with Crippen LogP contribution in [0.15, 0.2) is 6.20 Å². The van der Waals surface area contributed by atoms with Gasteiger partial charge in [-0.15, -0.1) is 0 Å². The number of alkyl halides is 2. The fourth-order valence-corrected chi connectivity index (χ4v) is 2.38. The summed E-state index contributed by atoms with van der Waals surface area (Å²) >= 11 is 0. The van der Waals surface area contributed by atoms with Gasteiger partial charge in [0.2, 0.25) is 0 Å². The molecule has 1 amide bonds. The lowest BCUT2D eigenvalue weighted by Crippen LogP contribution is -2.39. The first kappa shape index (κ1) is 13.8. The number of carbonyl (C=O) groups excluding carboxylic acids is 1. The zero-order chi connectivity index (χ0) is 14.0. The van der Waals surface area contributed by atoms with E-state index in [1.54, 1.807) is 4.90 Å². The van der Waals surface area contributed by atoms with Crippen LogP contribution in [-0.4, -0.2) is 40.1 Å². The first-order valence-electron chi connectivity index (χ1n) is 6.37. The Balaban J connectivity index is 2.12. The molecule has 1 atom stereocenters. The fraction of sp³-hybridized carbons (Fsp3) is 0.667. The van der Waals surface area contributed by atoms with Crippen LogP contribution in [0.1, 0.15) is 30.1 Å². The number of nitrogens with zero attached hydrogens (tertiary/aromatic N) is 3. The number of piperidine rings is 1. The van der Waals surface area contributed by atoms with Crippen LogP contribution in [0.5, 0.6) is 0 Å². The van der Waals surface area contributed by atoms with Crippen molar-refractivity contribution >= 4 is 11.7 Å². The topological polar surface area (TPSA) is 64.2 Å². The third-order valence-electron chi connectivity index (χ3n) is 3.29. The number of likely N-dealkylation sites (tertiary alicyclic amines) is 1. The average molecular weight is 272 g/mol. The summed E-state index contributed by atoms with van der Waals surface area (Å²) in [5, 5.41) is 3.75. The minimum Gasteiger partial charge on any atom is -0.382 e. The normalized spacial score (nSPS) is 20.0. The van der Waals surface area contributed by atoms with Gasteiger partial charge in [0.1, 0.15) is 12.1 Å². The Morgan fingerprint density at radius 3 is 3.00 bits per heavy atom. The third-order valence-corrected chi connectivity index (χ3v) is 3.29. The van der Waals surface area contributed by atoms with Crippen molar-refractivity contribution in [2.75, 3.05) is 18.8 Å². The summed E-state index contributed by atoms with van der Waals surface area (Å²) in [6.07, 6.45) is 0.850. The molecule has 0 bridgehead atoms. The van der Waals surface area contributed by atoms with E-state index in [2.05, 4.69) is 12.0 Å². The van der Waals surface area contributed by atoms with Gasteiger partial charge in [-0.05, 0) is 18.8 Å². The van der Waals surface area contributed by atoms with Crippen molar-refractivity contribution in [3.63, 3.8) is 0 Å². The first-order chi connectivity index (χ1) is 8.97. The van der Waals surface area contributed by atoms with Gasteiger partial charge in [0.05, 0.1) is 0 Å². The summed E-state index contributed by atoms with van der Waals surface area (Å²) in [5.41, 5.74) is 5.85. The number of aromatic nitrogens is 2. The van der Waals surface area contributed by atoms with Gasteiger partial charge in [0.15, 0.2) is 5.82 Å². The second kappa shape index (κ2) is 5.54. The predicted octanol–water partition coefficient (Wildman–Crippen LogP) is 1.60. The highest BCUT2D eigenvalue weighted by Gasteiger charge is 2.25. The van der Waals surface area contributed by atoms with Crippen molar-refractivity contribution in [2.45, 2.75) is 32.7 Å². The molecule has 2 heterocycles. The number of carbonyl (C=O) groups is 1. The van der Waals surface area contributed by atoms with E-state index >= 15 is 0 Å². The highest BCUT2D eigenvalue weighted by atomic mass is 19.3. The van der Waals surface area contributed by atoms with Gasteiger partial charge in [0, 0.05) is 19.3 Å². The van der Waals surface area contributed by atoms with E-state index in [0.717, 1.165) is 17.5 Å². The molecule has 0 saturated carbocycles. The van der Waals surface area contributed by atoms with Gasteiger partial charge in [-0.2, -0.15) is 5.10 Å². The molecule has 0 spiro atoms. The van der Waals surface area contributed by atoms with Crippen molar-refractivity contribution in [3.8, 4) is 0 Å². The largest absolute Gasteiger partial charge is 0.382 e. The molecule has 2 N–H and O–H groups in total. The second-order valence-corrected chi connectivity index (χ2v) is 5.04. The van der Waals surface area contributed by atoms with Crippen LogP contribution in [0.3, 0.4) is 0 Å². The molecule has 0 aromatic carbocycles. The Hall–Kier alpha value is -1.66. The molecule has 7 heteroatoms. The fourth-order valence-electron chi connectivity index (χ4n) is 2.38. The van der Waals surface area contributed by atoms with Gasteiger partial charge in [-0.1, -0.05) is 6.92 Å². The van der Waals surface area contributed by atoms with Crippen LogP contribution in [0, 0.1) is 5.92 Å². The molecule has 1 unspecified atom stereocenters. The molecule has 1 aliphatic rings. The van der Waals surface area contributed by atoms with Gasteiger partial charge < -0.3 is 10.6 Å². The van der Waals surface area contributed by atoms with Crippen LogP contribution < -0.4 is 5.73 Å². The number of anilines is 1. The second-order valence-electron chi connectivity index (χ2n) is 5.04. The minimum absolute atomic E-state index is 0.0175. The maximum Gasteiger partial charge on any atom is 0.259 e. The van der Waals surface area contributed by atoms with Crippen LogP contribution >= 0.6 is 0 Å². The van der Waals surface area contributed by atoms with Crippen LogP contribution in [0.25, 0.3) is 0 Å². The molecule has 1 aromatic heterocycles. The highest BCUT2D eigenvalue weighted by Crippen LogP contribution is 2.20. The Morgan fingerprint density at radius 2 is 2.37 bits per heavy atom. The first-order valence-corrected chi connectivity index (χ1v) is 6.37. The van der Waals surface area contributed by atoms with Crippen molar-refractivity contribution < 1.29 is 13.6 Å². The number of rotatable bonds is 3. The molecule has 1 fully saturated rings. The number of hydrogen-bond acceptors (Lipinski definition) is 3. The van der Waals surface area contributed by atoms with Crippen LogP contribution in [0.2, 0.25) is 0 Å². The SMILES string of the molecule is CC1CCCN(C(=O)c2cn(CC(F)F)nc2N)C1. The number of halogens is 2. The van der Waals surface area contributed by atoms with Crippen molar-refractivity contribution in [1.82, 2.24) is 14.7 Å². The summed E-state index contributed by atoms with van der Waals surface area (Å²) in [6.45, 7) is 2.90. The molecule has 19 heavy (non-hydrogen) atoms. The van der Waals surface area contributed by atoms with Crippen molar-refractivity contribution in [2.24, 2.45) is 5.92 Å². The lowest BCUT2D eigenvalue weighted by atomic mass is 10.00. The number of nitrogen functional groups attached to an aromatic ring is 1. The van der Waals surface area contributed by atoms with Crippen LogP contribution in [0.4, 0.5) is 14.6 Å². The van der Waals surface area contributed by atoms with Gasteiger partial charge in [0.25, 0.3) is 12.3 Å². The Bertz CT molecular complexity index is 461. The predicted molar refractivity (Wildman–Crippen MR) is 66.9 cm³/mol. The van der Waals surface area contributed by atoms with E-state index in [4.69, 9.17) is 5.73 Å². The maximum atomic E-state index is 12.3. The monoisotopic (exact) mass is 272 g/mol. The van der Waals surface area contributed by atoms with E-state index in [0.29, 0.717) is 19.0 Å². The number of amides is 1. The van der Waals surface area contributed by atoms with Gasteiger partial charge in [-0.3, -0.25) is 9.48 Å². The van der Waals surface area contributed by atoms with E-state index < -0.39 is 13.0 Å². The van der Waals surface area contributed by atoms with E-state index in [1.165, 1.54) is 6.20 Å². The zero-order valence-corrected chi connectivity index (χ0v) is 10.9. The van der Waals surface area contributed by atoms with Crippen molar-refractivity contribution in [3.05, 3.63) is 11.8 Å². The summed E-state index contributed by atoms with van der Waals surface area (Å²) < 4.78 is 25.6. The molecular formula is C12H18F2N4O.